The number of carbonyl (C=O) groups excluding carboxylic acids is 2. The number of pyridine rings is 1. The first-order valence-electron chi connectivity index (χ1n) is 8.96. The fraction of sp³-hybridized carbons (Fsp3) is 0.211. The number of hydrogen-bond acceptors (Lipinski definition) is 9. The second-order valence-corrected chi connectivity index (χ2v) is 7.44. The Morgan fingerprint density at radius 3 is 2.83 bits per heavy atom. The first-order chi connectivity index (χ1) is 14.5. The summed E-state index contributed by atoms with van der Waals surface area (Å²) >= 11 is 1.19. The molecular weight excluding hydrogens is 408 g/mol. The molecule has 0 fully saturated rings. The highest BCUT2D eigenvalue weighted by Gasteiger charge is 2.37. The van der Waals surface area contributed by atoms with Gasteiger partial charge in [0.1, 0.15) is 24.0 Å². The van der Waals surface area contributed by atoms with E-state index in [1.54, 1.807) is 31.4 Å². The number of methoxy groups -OCH3 is 1. The summed E-state index contributed by atoms with van der Waals surface area (Å²) < 4.78 is 10.9. The van der Waals surface area contributed by atoms with Crippen molar-refractivity contribution in [1.82, 2.24) is 15.2 Å². The predicted molar refractivity (Wildman–Crippen MR) is 110 cm³/mol. The van der Waals surface area contributed by atoms with Gasteiger partial charge in [-0.15, -0.1) is 10.2 Å². The zero-order chi connectivity index (χ0) is 21.1. The Kier molecular flexibility index (Phi) is 5.55. The standard InChI is InChI=1S/C19H18N6O4S/c1-28-10-15-23-24-19(30-15)22-14(26)9-25-17-12(7-8-13(20)21-17)29-16(18(25)27)11-5-3-2-4-6-11/h2-8,16H,9-10H2,1H3,(H2,20,21)(H,22,24,26). The van der Waals surface area contributed by atoms with Crippen LogP contribution in [-0.2, 0) is 20.9 Å². The van der Waals surface area contributed by atoms with Gasteiger partial charge in [0.25, 0.3) is 5.91 Å². The average molecular weight is 426 g/mol. The van der Waals surface area contributed by atoms with Gasteiger partial charge in [0.15, 0.2) is 11.6 Å². The van der Waals surface area contributed by atoms with Crippen LogP contribution in [0.3, 0.4) is 0 Å². The lowest BCUT2D eigenvalue weighted by Crippen LogP contribution is -2.45. The summed E-state index contributed by atoms with van der Waals surface area (Å²) in [5.74, 6) is -0.0999. The Labute approximate surface area is 175 Å². The number of hydrogen-bond donors (Lipinski definition) is 2. The van der Waals surface area contributed by atoms with Gasteiger partial charge < -0.3 is 15.2 Å². The predicted octanol–water partition coefficient (Wildman–Crippen LogP) is 1.77. The van der Waals surface area contributed by atoms with Crippen molar-refractivity contribution in [3.63, 3.8) is 0 Å². The van der Waals surface area contributed by atoms with Gasteiger partial charge in [-0.25, -0.2) is 4.98 Å². The van der Waals surface area contributed by atoms with E-state index in [4.69, 9.17) is 15.2 Å². The van der Waals surface area contributed by atoms with E-state index < -0.39 is 17.9 Å². The van der Waals surface area contributed by atoms with Gasteiger partial charge in [-0.3, -0.25) is 19.8 Å². The maximum absolute atomic E-state index is 13.2. The molecule has 11 heteroatoms. The van der Waals surface area contributed by atoms with Crippen molar-refractivity contribution in [2.24, 2.45) is 0 Å². The molecule has 2 amide bonds. The van der Waals surface area contributed by atoms with Gasteiger partial charge in [-0.1, -0.05) is 41.7 Å². The first-order valence-corrected chi connectivity index (χ1v) is 9.77. The molecule has 30 heavy (non-hydrogen) atoms. The minimum absolute atomic E-state index is 0.194. The van der Waals surface area contributed by atoms with E-state index in [-0.39, 0.29) is 18.2 Å². The van der Waals surface area contributed by atoms with E-state index >= 15 is 0 Å². The van der Waals surface area contributed by atoms with Crippen LogP contribution >= 0.6 is 11.3 Å². The van der Waals surface area contributed by atoms with Crippen LogP contribution in [0, 0.1) is 0 Å². The monoisotopic (exact) mass is 426 g/mol. The molecular formula is C19H18N6O4S. The van der Waals surface area contributed by atoms with Gasteiger partial charge in [0.2, 0.25) is 17.1 Å². The Morgan fingerprint density at radius 2 is 2.07 bits per heavy atom. The quantitative estimate of drug-likeness (QED) is 0.609. The molecule has 0 bridgehead atoms. The second-order valence-electron chi connectivity index (χ2n) is 6.37. The summed E-state index contributed by atoms with van der Waals surface area (Å²) in [5, 5.41) is 11.4. The Bertz CT molecular complexity index is 1070. The summed E-state index contributed by atoms with van der Waals surface area (Å²) in [6, 6.07) is 12.3. The maximum atomic E-state index is 13.2. The fourth-order valence-electron chi connectivity index (χ4n) is 2.94. The van der Waals surface area contributed by atoms with Gasteiger partial charge in [-0.2, -0.15) is 0 Å². The van der Waals surface area contributed by atoms with Crippen LogP contribution in [0.15, 0.2) is 42.5 Å². The molecule has 0 saturated carbocycles. The van der Waals surface area contributed by atoms with E-state index in [1.807, 2.05) is 18.2 Å². The van der Waals surface area contributed by atoms with E-state index in [2.05, 4.69) is 20.5 Å². The summed E-state index contributed by atoms with van der Waals surface area (Å²) in [4.78, 5) is 31.3. The zero-order valence-electron chi connectivity index (χ0n) is 15.9. The highest BCUT2D eigenvalue weighted by atomic mass is 32.1. The van der Waals surface area contributed by atoms with Crippen molar-refractivity contribution in [3.05, 3.63) is 53.0 Å². The molecule has 154 valence electrons. The number of carbonyl (C=O) groups is 2. The number of ether oxygens (including phenoxy) is 2. The average Bonchev–Trinajstić information content (AvgIpc) is 3.18. The number of anilines is 3. The number of amides is 2. The molecule has 1 aromatic carbocycles. The summed E-state index contributed by atoms with van der Waals surface area (Å²) in [7, 11) is 1.54. The van der Waals surface area contributed by atoms with Crippen molar-refractivity contribution < 1.29 is 19.1 Å². The lowest BCUT2D eigenvalue weighted by Gasteiger charge is -2.33. The van der Waals surface area contributed by atoms with Crippen LogP contribution in [0.4, 0.5) is 16.8 Å². The number of aromatic nitrogens is 3. The van der Waals surface area contributed by atoms with Crippen LogP contribution in [0.5, 0.6) is 5.75 Å². The van der Waals surface area contributed by atoms with E-state index in [0.717, 1.165) is 0 Å². The molecule has 2 aromatic heterocycles. The molecule has 1 aliphatic heterocycles. The third-order valence-electron chi connectivity index (χ3n) is 4.24. The highest BCUT2D eigenvalue weighted by molar-refractivity contribution is 7.15. The van der Waals surface area contributed by atoms with Gasteiger partial charge in [-0.05, 0) is 12.1 Å². The number of fused-ring (bicyclic) bond motifs is 1. The summed E-state index contributed by atoms with van der Waals surface area (Å²) in [6.45, 7) is 0.0129. The van der Waals surface area contributed by atoms with Gasteiger partial charge in [0.05, 0.1) is 0 Å². The smallest absolute Gasteiger partial charge is 0.274 e. The number of nitrogens with one attached hydrogen (secondary N) is 1. The normalized spacial score (nSPS) is 15.4. The highest BCUT2D eigenvalue weighted by Crippen LogP contribution is 2.38. The minimum Gasteiger partial charge on any atom is -0.472 e. The van der Waals surface area contributed by atoms with Crippen LogP contribution in [0.25, 0.3) is 0 Å². The zero-order valence-corrected chi connectivity index (χ0v) is 16.8. The van der Waals surface area contributed by atoms with Crippen LogP contribution in [0.1, 0.15) is 16.7 Å². The Hall–Kier alpha value is -3.57. The number of nitrogens with zero attached hydrogens (tertiary/aromatic N) is 4. The minimum atomic E-state index is -0.897. The number of benzene rings is 1. The first kappa shape index (κ1) is 19.7. The van der Waals surface area contributed by atoms with Gasteiger partial charge in [0, 0.05) is 12.7 Å². The largest absolute Gasteiger partial charge is 0.472 e. The van der Waals surface area contributed by atoms with Crippen LogP contribution in [0.2, 0.25) is 0 Å². The van der Waals surface area contributed by atoms with E-state index in [9.17, 15) is 9.59 Å². The maximum Gasteiger partial charge on any atom is 0.274 e. The number of nitrogens with two attached hydrogens (primary N) is 1. The summed E-state index contributed by atoms with van der Waals surface area (Å²) in [5.41, 5.74) is 6.46. The molecule has 1 atom stereocenters. The van der Waals surface area contributed by atoms with Crippen LogP contribution < -0.4 is 20.7 Å². The molecule has 0 radical (unpaired) electrons. The fourth-order valence-corrected chi connectivity index (χ4v) is 3.67. The molecule has 1 unspecified atom stereocenters. The molecule has 3 N–H and O–H groups in total. The topological polar surface area (TPSA) is 133 Å². The number of nitrogen functional groups attached to an aromatic ring is 1. The van der Waals surface area contributed by atoms with Crippen molar-refractivity contribution in [2.75, 3.05) is 29.6 Å². The second kappa shape index (κ2) is 8.43. The molecule has 4 rings (SSSR count). The lowest BCUT2D eigenvalue weighted by molar-refractivity contribution is -0.128. The van der Waals surface area contributed by atoms with Crippen molar-refractivity contribution >= 4 is 39.9 Å². The van der Waals surface area contributed by atoms with Crippen molar-refractivity contribution in [3.8, 4) is 5.75 Å². The molecule has 0 saturated heterocycles. The SMILES string of the molecule is COCc1nnc(NC(=O)CN2C(=O)C(c3ccccc3)Oc3ccc(N)nc32)s1. The lowest BCUT2D eigenvalue weighted by atomic mass is 10.1. The molecule has 0 aliphatic carbocycles. The molecule has 3 heterocycles. The third kappa shape index (κ3) is 4.07. The van der Waals surface area contributed by atoms with Gasteiger partial charge >= 0.3 is 0 Å². The van der Waals surface area contributed by atoms with E-state index in [0.29, 0.717) is 28.1 Å². The van der Waals surface area contributed by atoms with E-state index in [1.165, 1.54) is 16.2 Å². The molecule has 1 aliphatic rings. The van der Waals surface area contributed by atoms with Crippen molar-refractivity contribution in [1.29, 1.82) is 0 Å². The molecule has 0 spiro atoms. The number of rotatable bonds is 6. The van der Waals surface area contributed by atoms with Crippen LogP contribution in [-0.4, -0.2) is 40.7 Å². The Balaban J connectivity index is 1.58. The third-order valence-corrected chi connectivity index (χ3v) is 5.05. The Morgan fingerprint density at radius 1 is 1.27 bits per heavy atom. The molecule has 10 nitrogen and oxygen atoms in total. The molecule has 3 aromatic rings. The summed E-state index contributed by atoms with van der Waals surface area (Å²) in [6.07, 6.45) is -0.897. The van der Waals surface area contributed by atoms with Crippen molar-refractivity contribution in [2.45, 2.75) is 12.7 Å².